The summed E-state index contributed by atoms with van der Waals surface area (Å²) in [4.78, 5) is 50.3. The van der Waals surface area contributed by atoms with Crippen molar-refractivity contribution in [3.63, 3.8) is 0 Å². The summed E-state index contributed by atoms with van der Waals surface area (Å²) < 4.78 is 5.13. The first kappa shape index (κ1) is 30.5. The van der Waals surface area contributed by atoms with Gasteiger partial charge < -0.3 is 19.5 Å². The molecule has 1 fully saturated rings. The number of hydrogen-bond donors (Lipinski definition) is 1. The van der Waals surface area contributed by atoms with E-state index in [1.165, 1.54) is 17.7 Å². The number of rotatable bonds is 9. The zero-order valence-corrected chi connectivity index (χ0v) is 26.0. The lowest BCUT2D eigenvalue weighted by molar-refractivity contribution is -0.137. The van der Waals surface area contributed by atoms with E-state index in [9.17, 15) is 14.4 Å². The Balaban J connectivity index is 1.12. The zero-order valence-electron chi connectivity index (χ0n) is 26.0. The molecule has 3 heterocycles. The van der Waals surface area contributed by atoms with Crippen LogP contribution in [0.2, 0.25) is 0 Å². The van der Waals surface area contributed by atoms with E-state index in [0.717, 1.165) is 39.0 Å². The molecule has 0 aliphatic carbocycles. The monoisotopic (exact) mass is 612 g/mol. The van der Waals surface area contributed by atoms with Gasteiger partial charge in [0.1, 0.15) is 11.4 Å². The number of amides is 2. The van der Waals surface area contributed by atoms with Crippen molar-refractivity contribution in [1.29, 1.82) is 0 Å². The normalized spacial score (nSPS) is 13.3. The molecule has 6 rings (SSSR count). The molecular formula is C38H36N4O4. The maximum Gasteiger partial charge on any atom is 0.246 e. The Hall–Kier alpha value is -5.50. The Morgan fingerprint density at radius 2 is 1.59 bits per heavy atom. The number of ether oxygens (including phenoxy) is 1. The van der Waals surface area contributed by atoms with Crippen molar-refractivity contribution in [2.45, 2.75) is 19.8 Å². The average molecular weight is 613 g/mol. The van der Waals surface area contributed by atoms with Crippen LogP contribution in [0.5, 0.6) is 5.75 Å². The fourth-order valence-corrected chi connectivity index (χ4v) is 5.97. The molecule has 8 heteroatoms. The number of carbonyl (C=O) groups excluding carboxylic acids is 3. The summed E-state index contributed by atoms with van der Waals surface area (Å²) in [5.74, 6) is 0.218. The molecule has 232 valence electrons. The van der Waals surface area contributed by atoms with Crippen molar-refractivity contribution in [3.8, 4) is 28.1 Å². The van der Waals surface area contributed by atoms with Crippen molar-refractivity contribution >= 4 is 28.6 Å². The lowest BCUT2D eigenvalue weighted by atomic mass is 9.92. The van der Waals surface area contributed by atoms with Crippen molar-refractivity contribution < 1.29 is 19.1 Å². The van der Waals surface area contributed by atoms with E-state index >= 15 is 0 Å². The van der Waals surface area contributed by atoms with Crippen LogP contribution >= 0.6 is 0 Å². The van der Waals surface area contributed by atoms with E-state index in [-0.39, 0.29) is 17.6 Å². The highest BCUT2D eigenvalue weighted by Gasteiger charge is 2.24. The van der Waals surface area contributed by atoms with Gasteiger partial charge in [-0.15, -0.1) is 0 Å². The van der Waals surface area contributed by atoms with Gasteiger partial charge in [0.05, 0.1) is 12.8 Å². The predicted octanol–water partition coefficient (Wildman–Crippen LogP) is 6.26. The van der Waals surface area contributed by atoms with E-state index in [4.69, 9.17) is 4.74 Å². The fraction of sp³-hybridized carbons (Fsp3) is 0.211. The van der Waals surface area contributed by atoms with Gasteiger partial charge in [-0.05, 0) is 72.5 Å². The molecule has 1 aliphatic rings. The van der Waals surface area contributed by atoms with Crippen molar-refractivity contribution in [2.75, 3.05) is 33.3 Å². The number of carbonyl (C=O) groups is 3. The predicted molar refractivity (Wildman–Crippen MR) is 180 cm³/mol. The standard InChI is InChI=1S/C38H36N4O4/c1-26-10-15-31(33(25-26)27-7-4-3-5-8-27)37-30(32-9-6-20-39-38(32)40-37)16-18-35(44)41-21-23-42(24-22-41)36(45)19-17-34(43)28-11-13-29(46-2)14-12-28/h3-15,17,19-20,25H,16,18,21-24H2,1-2H3,(H,39,40). The van der Waals surface area contributed by atoms with Crippen LogP contribution in [-0.4, -0.2) is 70.7 Å². The van der Waals surface area contributed by atoms with E-state index in [1.807, 2.05) is 29.2 Å². The number of fused-ring (bicyclic) bond motifs is 1. The Morgan fingerprint density at radius 3 is 2.33 bits per heavy atom. The summed E-state index contributed by atoms with van der Waals surface area (Å²) in [6.45, 7) is 3.82. The first-order valence-corrected chi connectivity index (χ1v) is 15.5. The molecule has 1 saturated heterocycles. The second kappa shape index (κ2) is 13.6. The second-order valence-corrected chi connectivity index (χ2v) is 11.4. The number of methoxy groups -OCH3 is 1. The number of allylic oxidation sites excluding steroid dienone is 1. The van der Waals surface area contributed by atoms with Gasteiger partial charge >= 0.3 is 0 Å². The quantitative estimate of drug-likeness (QED) is 0.157. The van der Waals surface area contributed by atoms with Crippen LogP contribution in [0.1, 0.15) is 27.9 Å². The average Bonchev–Trinajstić information content (AvgIpc) is 3.48. The number of piperazine rings is 1. The van der Waals surface area contributed by atoms with Gasteiger partial charge in [0, 0.05) is 61.4 Å². The molecule has 0 saturated carbocycles. The van der Waals surface area contributed by atoms with Crippen molar-refractivity contribution in [1.82, 2.24) is 19.8 Å². The second-order valence-electron chi connectivity index (χ2n) is 11.4. The van der Waals surface area contributed by atoms with Crippen LogP contribution in [0.15, 0.2) is 103 Å². The van der Waals surface area contributed by atoms with Gasteiger partial charge in [0.15, 0.2) is 5.78 Å². The minimum atomic E-state index is -0.252. The number of aryl methyl sites for hydroxylation is 2. The van der Waals surface area contributed by atoms with Crippen LogP contribution in [0, 0.1) is 6.92 Å². The maximum atomic E-state index is 13.4. The zero-order chi connectivity index (χ0) is 32.0. The first-order chi connectivity index (χ1) is 22.4. The number of aromatic amines is 1. The van der Waals surface area contributed by atoms with Crippen LogP contribution < -0.4 is 4.74 Å². The Kier molecular flexibility index (Phi) is 9.06. The molecule has 46 heavy (non-hydrogen) atoms. The Bertz CT molecular complexity index is 1900. The molecule has 5 aromatic rings. The highest BCUT2D eigenvalue weighted by Crippen LogP contribution is 2.37. The number of benzene rings is 3. The van der Waals surface area contributed by atoms with Crippen LogP contribution in [0.3, 0.4) is 0 Å². The number of hydrogen-bond acceptors (Lipinski definition) is 5. The number of nitrogens with one attached hydrogen (secondary N) is 1. The summed E-state index contributed by atoms with van der Waals surface area (Å²) in [5.41, 5.74) is 7.82. The van der Waals surface area contributed by atoms with Crippen LogP contribution in [0.4, 0.5) is 0 Å². The third-order valence-corrected chi connectivity index (χ3v) is 8.49. The molecule has 0 spiro atoms. The molecule has 0 bridgehead atoms. The Labute approximate surface area is 268 Å². The number of ketones is 1. The topological polar surface area (TPSA) is 95.6 Å². The summed E-state index contributed by atoms with van der Waals surface area (Å²) >= 11 is 0. The summed E-state index contributed by atoms with van der Waals surface area (Å²) in [7, 11) is 1.56. The van der Waals surface area contributed by atoms with E-state index in [1.54, 1.807) is 42.5 Å². The number of nitrogens with zero attached hydrogens (tertiary/aromatic N) is 3. The summed E-state index contributed by atoms with van der Waals surface area (Å²) in [6, 6.07) is 27.5. The molecule has 1 N–H and O–H groups in total. The molecule has 8 nitrogen and oxygen atoms in total. The SMILES string of the molecule is COc1ccc(C(=O)C=CC(=O)N2CCN(C(=O)CCc3c(-c4ccc(C)cc4-c4ccccc4)[nH]c4ncccc34)CC2)cc1. The van der Waals surface area contributed by atoms with E-state index < -0.39 is 0 Å². The van der Waals surface area contributed by atoms with Gasteiger partial charge in [-0.3, -0.25) is 14.4 Å². The lowest BCUT2D eigenvalue weighted by Crippen LogP contribution is -2.50. The van der Waals surface area contributed by atoms with Gasteiger partial charge in [-0.1, -0.05) is 54.1 Å². The Morgan fingerprint density at radius 1 is 0.848 bits per heavy atom. The summed E-state index contributed by atoms with van der Waals surface area (Å²) in [5, 5.41) is 1.01. The lowest BCUT2D eigenvalue weighted by Gasteiger charge is -2.34. The van der Waals surface area contributed by atoms with Gasteiger partial charge in [-0.25, -0.2) is 4.98 Å². The largest absolute Gasteiger partial charge is 0.497 e. The minimum Gasteiger partial charge on any atom is -0.497 e. The van der Waals surface area contributed by atoms with Crippen molar-refractivity contribution in [3.05, 3.63) is 120 Å². The van der Waals surface area contributed by atoms with Gasteiger partial charge in [-0.2, -0.15) is 0 Å². The molecule has 0 atom stereocenters. The third kappa shape index (κ3) is 6.61. The van der Waals surface area contributed by atoms with Crippen LogP contribution in [-0.2, 0) is 16.0 Å². The highest BCUT2D eigenvalue weighted by molar-refractivity contribution is 6.07. The van der Waals surface area contributed by atoms with Crippen molar-refractivity contribution in [2.24, 2.45) is 0 Å². The van der Waals surface area contributed by atoms with Gasteiger partial charge in [0.2, 0.25) is 11.8 Å². The van der Waals surface area contributed by atoms with Gasteiger partial charge in [0.25, 0.3) is 0 Å². The molecule has 0 unspecified atom stereocenters. The summed E-state index contributed by atoms with van der Waals surface area (Å²) in [6.07, 6.45) is 5.27. The molecule has 1 aliphatic heterocycles. The number of pyridine rings is 1. The number of aromatic nitrogens is 2. The maximum absolute atomic E-state index is 13.4. The minimum absolute atomic E-state index is 0.0497. The van der Waals surface area contributed by atoms with E-state index in [2.05, 4.69) is 53.3 Å². The smallest absolute Gasteiger partial charge is 0.246 e. The number of H-pyrrole nitrogens is 1. The van der Waals surface area contributed by atoms with Crippen LogP contribution in [0.25, 0.3) is 33.4 Å². The molecule has 2 aromatic heterocycles. The molecule has 3 aromatic carbocycles. The first-order valence-electron chi connectivity index (χ1n) is 15.5. The third-order valence-electron chi connectivity index (χ3n) is 8.49. The highest BCUT2D eigenvalue weighted by atomic mass is 16.5. The fourth-order valence-electron chi connectivity index (χ4n) is 5.97. The molecule has 2 amide bonds. The molecule has 0 radical (unpaired) electrons. The van der Waals surface area contributed by atoms with E-state index in [0.29, 0.717) is 50.3 Å². The molecular weight excluding hydrogens is 576 g/mol.